The van der Waals surface area contributed by atoms with Crippen LogP contribution in [0.3, 0.4) is 0 Å². The average Bonchev–Trinajstić information content (AvgIpc) is 2.13. The molecule has 0 amide bonds. The van der Waals surface area contributed by atoms with Gasteiger partial charge in [0.05, 0.1) is 13.2 Å². The third-order valence-corrected chi connectivity index (χ3v) is 1.64. The van der Waals surface area contributed by atoms with E-state index in [0.29, 0.717) is 12.0 Å². The maximum Gasteiger partial charge on any atom is 0.333 e. The third-order valence-electron chi connectivity index (χ3n) is 1.64. The topological polar surface area (TPSA) is 52.6 Å². The van der Waals surface area contributed by atoms with E-state index in [4.69, 9.17) is 4.74 Å². The lowest BCUT2D eigenvalue weighted by molar-refractivity contribution is -0.147. The molecule has 14 heavy (non-hydrogen) atoms. The number of hydrogen-bond donors (Lipinski definition) is 0. The van der Waals surface area contributed by atoms with Gasteiger partial charge in [0.15, 0.2) is 0 Å². The minimum Gasteiger partial charge on any atom is -0.469 e. The number of carbonyl (C=O) groups excluding carboxylic acids is 2. The molecule has 0 aromatic heterocycles. The Balaban J connectivity index is 3.76. The summed E-state index contributed by atoms with van der Waals surface area (Å²) in [6.07, 6.45) is 0.422. The van der Waals surface area contributed by atoms with Crippen LogP contribution in [0.1, 0.15) is 26.7 Å². The van der Waals surface area contributed by atoms with Gasteiger partial charge in [-0.2, -0.15) is 0 Å². The summed E-state index contributed by atoms with van der Waals surface area (Å²) in [5.41, 5.74) is 0.356. The Morgan fingerprint density at radius 3 is 2.43 bits per heavy atom. The van der Waals surface area contributed by atoms with Crippen LogP contribution in [0.2, 0.25) is 0 Å². The fourth-order valence-electron chi connectivity index (χ4n) is 0.765. The molecule has 0 aliphatic carbocycles. The summed E-state index contributed by atoms with van der Waals surface area (Å²) in [5, 5.41) is 0. The second-order valence-corrected chi connectivity index (χ2v) is 3.11. The number of hydrogen-bond acceptors (Lipinski definition) is 4. The van der Waals surface area contributed by atoms with Crippen molar-refractivity contribution in [3.05, 3.63) is 12.2 Å². The highest BCUT2D eigenvalue weighted by atomic mass is 16.5. The van der Waals surface area contributed by atoms with Crippen molar-refractivity contribution in [1.82, 2.24) is 0 Å². The van der Waals surface area contributed by atoms with Crippen molar-refractivity contribution in [2.24, 2.45) is 0 Å². The Kier molecular flexibility index (Phi) is 5.60. The molecule has 1 atom stereocenters. The SMILES string of the molecule is C=C(C)C(=O)OC(C)CCC(=O)OC. The van der Waals surface area contributed by atoms with Gasteiger partial charge >= 0.3 is 11.9 Å². The quantitative estimate of drug-likeness (QED) is 0.498. The maximum absolute atomic E-state index is 11.0. The summed E-state index contributed by atoms with van der Waals surface area (Å²) < 4.78 is 9.42. The van der Waals surface area contributed by atoms with Gasteiger partial charge in [0.2, 0.25) is 0 Å². The molecule has 0 aromatic rings. The third kappa shape index (κ3) is 5.35. The number of rotatable bonds is 5. The second kappa shape index (κ2) is 6.18. The summed E-state index contributed by atoms with van der Waals surface area (Å²) in [6, 6.07) is 0. The highest BCUT2D eigenvalue weighted by Gasteiger charge is 2.11. The summed E-state index contributed by atoms with van der Waals surface area (Å²) >= 11 is 0. The van der Waals surface area contributed by atoms with E-state index < -0.39 is 5.97 Å². The zero-order chi connectivity index (χ0) is 11.1. The lowest BCUT2D eigenvalue weighted by Gasteiger charge is -2.11. The first-order chi connectivity index (χ1) is 6.47. The minimum absolute atomic E-state index is 0.251. The van der Waals surface area contributed by atoms with E-state index in [1.807, 2.05) is 0 Å². The Morgan fingerprint density at radius 1 is 1.43 bits per heavy atom. The molecule has 0 radical (unpaired) electrons. The number of methoxy groups -OCH3 is 1. The monoisotopic (exact) mass is 200 g/mol. The smallest absolute Gasteiger partial charge is 0.333 e. The fraction of sp³-hybridized carbons (Fsp3) is 0.600. The molecule has 0 heterocycles. The molecule has 0 aliphatic heterocycles. The van der Waals surface area contributed by atoms with Crippen LogP contribution in [-0.2, 0) is 19.1 Å². The first kappa shape index (κ1) is 12.7. The molecule has 0 saturated heterocycles. The van der Waals surface area contributed by atoms with Gasteiger partial charge in [-0.3, -0.25) is 4.79 Å². The van der Waals surface area contributed by atoms with Crippen molar-refractivity contribution in [3.63, 3.8) is 0 Å². The first-order valence-corrected chi connectivity index (χ1v) is 4.40. The summed E-state index contributed by atoms with van der Waals surface area (Å²) in [7, 11) is 1.33. The Bertz CT molecular complexity index is 232. The molecule has 0 spiro atoms. The van der Waals surface area contributed by atoms with E-state index in [1.54, 1.807) is 13.8 Å². The van der Waals surface area contributed by atoms with Crippen LogP contribution >= 0.6 is 0 Å². The lowest BCUT2D eigenvalue weighted by atomic mass is 10.2. The molecule has 0 fully saturated rings. The fourth-order valence-corrected chi connectivity index (χ4v) is 0.765. The summed E-state index contributed by atoms with van der Waals surface area (Å²) in [4.78, 5) is 21.8. The van der Waals surface area contributed by atoms with Gasteiger partial charge in [0, 0.05) is 12.0 Å². The van der Waals surface area contributed by atoms with Crippen molar-refractivity contribution in [2.45, 2.75) is 32.8 Å². The number of esters is 2. The highest BCUT2D eigenvalue weighted by Crippen LogP contribution is 2.05. The highest BCUT2D eigenvalue weighted by molar-refractivity contribution is 5.87. The van der Waals surface area contributed by atoms with Crippen molar-refractivity contribution in [2.75, 3.05) is 7.11 Å². The van der Waals surface area contributed by atoms with Gasteiger partial charge in [0.25, 0.3) is 0 Å². The molecule has 0 aliphatic rings. The normalized spacial score (nSPS) is 11.6. The first-order valence-electron chi connectivity index (χ1n) is 4.40. The van der Waals surface area contributed by atoms with Crippen molar-refractivity contribution in [3.8, 4) is 0 Å². The standard InChI is InChI=1S/C10H16O4/c1-7(2)10(12)14-8(3)5-6-9(11)13-4/h8H,1,5-6H2,2-4H3. The molecule has 4 nitrogen and oxygen atoms in total. The van der Waals surface area contributed by atoms with Crippen molar-refractivity contribution in [1.29, 1.82) is 0 Å². The van der Waals surface area contributed by atoms with Crippen LogP contribution in [0, 0.1) is 0 Å². The Hall–Kier alpha value is -1.32. The molecule has 0 saturated carbocycles. The number of carbonyl (C=O) groups is 2. The predicted molar refractivity (Wildman–Crippen MR) is 51.6 cm³/mol. The Labute approximate surface area is 83.9 Å². The van der Waals surface area contributed by atoms with Crippen LogP contribution in [0.15, 0.2) is 12.2 Å². The lowest BCUT2D eigenvalue weighted by Crippen LogP contribution is -2.16. The molecular weight excluding hydrogens is 184 g/mol. The Morgan fingerprint density at radius 2 is 2.00 bits per heavy atom. The number of ether oxygens (including phenoxy) is 2. The van der Waals surface area contributed by atoms with Gasteiger partial charge in [-0.25, -0.2) is 4.79 Å². The van der Waals surface area contributed by atoms with Gasteiger partial charge in [0.1, 0.15) is 0 Å². The van der Waals surface area contributed by atoms with E-state index in [9.17, 15) is 9.59 Å². The summed E-state index contributed by atoms with van der Waals surface area (Å²) in [5.74, 6) is -0.731. The second-order valence-electron chi connectivity index (χ2n) is 3.11. The molecule has 4 heteroatoms. The van der Waals surface area contributed by atoms with E-state index in [1.165, 1.54) is 7.11 Å². The predicted octanol–water partition coefficient (Wildman–Crippen LogP) is 1.45. The minimum atomic E-state index is -0.428. The van der Waals surface area contributed by atoms with Crippen molar-refractivity contribution < 1.29 is 19.1 Å². The van der Waals surface area contributed by atoms with Crippen LogP contribution < -0.4 is 0 Å². The zero-order valence-electron chi connectivity index (χ0n) is 8.83. The molecule has 0 aromatic carbocycles. The van der Waals surface area contributed by atoms with Gasteiger partial charge in [-0.1, -0.05) is 6.58 Å². The van der Waals surface area contributed by atoms with Crippen LogP contribution in [0.25, 0.3) is 0 Å². The maximum atomic E-state index is 11.0. The zero-order valence-corrected chi connectivity index (χ0v) is 8.83. The van der Waals surface area contributed by atoms with Crippen LogP contribution in [0.5, 0.6) is 0 Å². The van der Waals surface area contributed by atoms with E-state index in [0.717, 1.165) is 0 Å². The van der Waals surface area contributed by atoms with Crippen LogP contribution in [0.4, 0.5) is 0 Å². The molecule has 1 unspecified atom stereocenters. The van der Waals surface area contributed by atoms with E-state index in [-0.39, 0.29) is 18.5 Å². The van der Waals surface area contributed by atoms with E-state index >= 15 is 0 Å². The van der Waals surface area contributed by atoms with E-state index in [2.05, 4.69) is 11.3 Å². The molecule has 80 valence electrons. The molecule has 0 N–H and O–H groups in total. The molecule has 0 bridgehead atoms. The summed E-state index contributed by atoms with van der Waals surface area (Å²) in [6.45, 7) is 6.76. The van der Waals surface area contributed by atoms with Crippen LogP contribution in [-0.4, -0.2) is 25.2 Å². The molecular formula is C10H16O4. The molecule has 0 rings (SSSR count). The van der Waals surface area contributed by atoms with Gasteiger partial charge < -0.3 is 9.47 Å². The van der Waals surface area contributed by atoms with Gasteiger partial charge in [-0.15, -0.1) is 0 Å². The largest absolute Gasteiger partial charge is 0.469 e. The van der Waals surface area contributed by atoms with Gasteiger partial charge in [-0.05, 0) is 20.3 Å². The average molecular weight is 200 g/mol. The van der Waals surface area contributed by atoms with Crippen molar-refractivity contribution >= 4 is 11.9 Å².